The summed E-state index contributed by atoms with van der Waals surface area (Å²) in [4.78, 5) is 0. The number of benzene rings is 3. The van der Waals surface area contributed by atoms with Crippen LogP contribution in [0, 0.1) is 5.82 Å². The summed E-state index contributed by atoms with van der Waals surface area (Å²) in [7, 11) is 0. The quantitative estimate of drug-likeness (QED) is 0.563. The van der Waals surface area contributed by atoms with Crippen molar-refractivity contribution >= 4 is 16.6 Å². The van der Waals surface area contributed by atoms with Gasteiger partial charge in [0.05, 0.1) is 5.52 Å². The van der Waals surface area contributed by atoms with Gasteiger partial charge in [-0.15, -0.1) is 0 Å². The first kappa shape index (κ1) is 15.1. The predicted octanol–water partition coefficient (Wildman–Crippen LogP) is 4.85. The van der Waals surface area contributed by atoms with Crippen LogP contribution >= 0.6 is 0 Å². The van der Waals surface area contributed by atoms with Crippen LogP contribution in [0.2, 0.25) is 0 Å². The molecule has 0 spiro atoms. The summed E-state index contributed by atoms with van der Waals surface area (Å²) in [6, 6.07) is 20.2. The van der Waals surface area contributed by atoms with E-state index in [0.717, 1.165) is 16.6 Å². The first-order chi connectivity index (χ1) is 12.1. The Labute approximate surface area is 143 Å². The first-order valence-electron chi connectivity index (χ1n) is 7.75. The molecule has 124 valence electrons. The van der Waals surface area contributed by atoms with Gasteiger partial charge >= 0.3 is 0 Å². The lowest BCUT2D eigenvalue weighted by molar-refractivity contribution is 0.455. The number of anilines is 1. The molecule has 0 aliphatic rings. The second-order valence-electron chi connectivity index (χ2n) is 5.64. The molecule has 4 nitrogen and oxygen atoms in total. The highest BCUT2D eigenvalue weighted by Crippen LogP contribution is 2.39. The van der Waals surface area contributed by atoms with Crippen molar-refractivity contribution in [2.45, 2.75) is 0 Å². The van der Waals surface area contributed by atoms with Crippen molar-refractivity contribution in [2.75, 3.05) is 5.73 Å². The van der Waals surface area contributed by atoms with Gasteiger partial charge in [0.1, 0.15) is 23.0 Å². The van der Waals surface area contributed by atoms with Crippen LogP contribution in [0.4, 0.5) is 10.1 Å². The fourth-order valence-corrected chi connectivity index (χ4v) is 2.81. The monoisotopic (exact) mass is 334 g/mol. The molecule has 0 saturated heterocycles. The molecule has 0 bridgehead atoms. The number of rotatable bonds is 3. The van der Waals surface area contributed by atoms with E-state index in [9.17, 15) is 9.50 Å². The largest absolute Gasteiger partial charge is 0.508 e. The SMILES string of the molecule is Nc1c(Oc2ccc(F)cc2)n(-c2ccc(O)cc2)c2ccccc12. The van der Waals surface area contributed by atoms with Gasteiger partial charge in [-0.1, -0.05) is 18.2 Å². The number of nitrogens with two attached hydrogens (primary N) is 1. The van der Waals surface area contributed by atoms with Crippen LogP contribution in [0.15, 0.2) is 72.8 Å². The second kappa shape index (κ2) is 5.87. The second-order valence-corrected chi connectivity index (χ2v) is 5.64. The molecule has 0 atom stereocenters. The third-order valence-electron chi connectivity index (χ3n) is 4.00. The smallest absolute Gasteiger partial charge is 0.228 e. The fraction of sp³-hybridized carbons (Fsp3) is 0. The molecule has 0 unspecified atom stereocenters. The Morgan fingerprint density at radius 1 is 0.880 bits per heavy atom. The third kappa shape index (κ3) is 2.65. The Hall–Kier alpha value is -3.47. The maximum Gasteiger partial charge on any atom is 0.228 e. The van der Waals surface area contributed by atoms with Crippen LogP contribution < -0.4 is 10.5 Å². The van der Waals surface area contributed by atoms with Gasteiger partial charge in [-0.3, -0.25) is 4.57 Å². The highest BCUT2D eigenvalue weighted by atomic mass is 19.1. The lowest BCUT2D eigenvalue weighted by Gasteiger charge is -2.12. The van der Waals surface area contributed by atoms with E-state index in [2.05, 4.69) is 0 Å². The lowest BCUT2D eigenvalue weighted by Crippen LogP contribution is -1.99. The summed E-state index contributed by atoms with van der Waals surface area (Å²) in [5.41, 5.74) is 8.48. The van der Waals surface area contributed by atoms with Crippen molar-refractivity contribution in [3.05, 3.63) is 78.6 Å². The van der Waals surface area contributed by atoms with Gasteiger partial charge in [0.25, 0.3) is 0 Å². The van der Waals surface area contributed by atoms with E-state index in [0.29, 0.717) is 17.3 Å². The molecule has 4 aromatic rings. The molecule has 3 N–H and O–H groups in total. The summed E-state index contributed by atoms with van der Waals surface area (Å²) in [6.07, 6.45) is 0. The van der Waals surface area contributed by atoms with E-state index in [-0.39, 0.29) is 11.6 Å². The molecule has 0 aliphatic heterocycles. The number of phenols is 1. The van der Waals surface area contributed by atoms with Gasteiger partial charge in [-0.05, 0) is 54.6 Å². The number of hydrogen-bond acceptors (Lipinski definition) is 3. The number of phenolic OH excluding ortho intramolecular Hbond substituents is 1. The molecule has 0 fully saturated rings. The van der Waals surface area contributed by atoms with Crippen molar-refractivity contribution in [3.63, 3.8) is 0 Å². The van der Waals surface area contributed by atoms with E-state index in [1.54, 1.807) is 36.4 Å². The zero-order valence-electron chi connectivity index (χ0n) is 13.2. The van der Waals surface area contributed by atoms with Crippen LogP contribution in [0.25, 0.3) is 16.6 Å². The van der Waals surface area contributed by atoms with Crippen molar-refractivity contribution in [1.29, 1.82) is 0 Å². The molecular weight excluding hydrogens is 319 g/mol. The van der Waals surface area contributed by atoms with Crippen LogP contribution in [-0.2, 0) is 0 Å². The number of nitrogen functional groups attached to an aromatic ring is 1. The number of aromatic nitrogens is 1. The summed E-state index contributed by atoms with van der Waals surface area (Å²) in [5, 5.41) is 10.4. The molecular formula is C20H15FN2O2. The van der Waals surface area contributed by atoms with Crippen LogP contribution in [-0.4, -0.2) is 9.67 Å². The summed E-state index contributed by atoms with van der Waals surface area (Å²) >= 11 is 0. The van der Waals surface area contributed by atoms with Crippen molar-refractivity contribution in [3.8, 4) is 23.1 Å². The first-order valence-corrected chi connectivity index (χ1v) is 7.75. The Bertz CT molecular complexity index is 1040. The predicted molar refractivity (Wildman–Crippen MR) is 95.8 cm³/mol. The number of fused-ring (bicyclic) bond motifs is 1. The van der Waals surface area contributed by atoms with E-state index >= 15 is 0 Å². The summed E-state index contributed by atoms with van der Waals surface area (Å²) in [6.45, 7) is 0. The van der Waals surface area contributed by atoms with Crippen molar-refractivity contribution < 1.29 is 14.2 Å². The van der Waals surface area contributed by atoms with Crippen molar-refractivity contribution in [2.24, 2.45) is 0 Å². The van der Waals surface area contributed by atoms with Gasteiger partial charge in [0.15, 0.2) is 0 Å². The van der Waals surface area contributed by atoms with Gasteiger partial charge in [0, 0.05) is 11.1 Å². The molecule has 25 heavy (non-hydrogen) atoms. The number of aromatic hydroxyl groups is 1. The molecule has 0 amide bonds. The standard InChI is InChI=1S/C20H15FN2O2/c21-13-5-11-16(12-6-13)25-20-19(22)17-3-1-2-4-18(17)23(20)14-7-9-15(24)10-8-14/h1-12,24H,22H2. The fourth-order valence-electron chi connectivity index (χ4n) is 2.81. The highest BCUT2D eigenvalue weighted by Gasteiger charge is 2.18. The topological polar surface area (TPSA) is 60.4 Å². The number of hydrogen-bond donors (Lipinski definition) is 2. The molecule has 5 heteroatoms. The molecule has 0 saturated carbocycles. The summed E-state index contributed by atoms with van der Waals surface area (Å²) in [5.74, 6) is 0.767. The van der Waals surface area contributed by atoms with Gasteiger partial charge < -0.3 is 15.6 Å². The van der Waals surface area contributed by atoms with E-state index < -0.39 is 0 Å². The van der Waals surface area contributed by atoms with Crippen LogP contribution in [0.1, 0.15) is 0 Å². The maximum absolute atomic E-state index is 13.1. The Morgan fingerprint density at radius 3 is 2.28 bits per heavy atom. The van der Waals surface area contributed by atoms with Crippen LogP contribution in [0.5, 0.6) is 17.4 Å². The minimum absolute atomic E-state index is 0.175. The maximum atomic E-state index is 13.1. The van der Waals surface area contributed by atoms with Crippen molar-refractivity contribution in [1.82, 2.24) is 4.57 Å². The van der Waals surface area contributed by atoms with E-state index in [4.69, 9.17) is 10.5 Å². The number of nitrogens with zero attached hydrogens (tertiary/aromatic N) is 1. The lowest BCUT2D eigenvalue weighted by atomic mass is 10.2. The molecule has 4 rings (SSSR count). The number of para-hydroxylation sites is 1. The molecule has 3 aromatic carbocycles. The number of halogens is 1. The third-order valence-corrected chi connectivity index (χ3v) is 4.00. The average molecular weight is 334 g/mol. The van der Waals surface area contributed by atoms with Gasteiger partial charge in [-0.25, -0.2) is 4.39 Å². The Balaban J connectivity index is 1.92. The molecule has 1 aromatic heterocycles. The molecule has 0 aliphatic carbocycles. The Morgan fingerprint density at radius 2 is 1.56 bits per heavy atom. The minimum atomic E-state index is -0.334. The zero-order chi connectivity index (χ0) is 17.4. The zero-order valence-corrected chi connectivity index (χ0v) is 13.2. The van der Waals surface area contributed by atoms with E-state index in [1.165, 1.54) is 12.1 Å². The highest BCUT2D eigenvalue weighted by molar-refractivity contribution is 5.97. The summed E-state index contributed by atoms with van der Waals surface area (Å²) < 4.78 is 21.0. The molecule has 1 heterocycles. The van der Waals surface area contributed by atoms with E-state index in [1.807, 2.05) is 28.8 Å². The number of ether oxygens (including phenoxy) is 1. The Kier molecular flexibility index (Phi) is 3.54. The average Bonchev–Trinajstić information content (AvgIpc) is 2.90. The van der Waals surface area contributed by atoms with Gasteiger partial charge in [0.2, 0.25) is 5.88 Å². The van der Waals surface area contributed by atoms with Gasteiger partial charge in [-0.2, -0.15) is 0 Å². The normalized spacial score (nSPS) is 10.9. The molecule has 0 radical (unpaired) electrons. The minimum Gasteiger partial charge on any atom is -0.508 e. The van der Waals surface area contributed by atoms with Crippen LogP contribution in [0.3, 0.4) is 0 Å².